The Morgan fingerprint density at radius 2 is 1.78 bits per heavy atom. The van der Waals surface area contributed by atoms with Gasteiger partial charge in [0.15, 0.2) is 0 Å². The lowest BCUT2D eigenvalue weighted by Crippen LogP contribution is -2.43. The van der Waals surface area contributed by atoms with Gasteiger partial charge < -0.3 is 10.6 Å². The minimum atomic E-state index is -0.0144. The normalized spacial score (nSPS) is 20.6. The monoisotopic (exact) mass is 315 g/mol. The Balaban J connectivity index is 1.66. The molecule has 0 bridgehead atoms. The van der Waals surface area contributed by atoms with Gasteiger partial charge in [0.25, 0.3) is 0 Å². The van der Waals surface area contributed by atoms with Gasteiger partial charge in [-0.15, -0.1) is 0 Å². The molecule has 2 fully saturated rings. The Morgan fingerprint density at radius 3 is 2.39 bits per heavy atom. The Hall–Kier alpha value is -1.55. The van der Waals surface area contributed by atoms with Crippen molar-refractivity contribution < 1.29 is 4.79 Å². The summed E-state index contributed by atoms with van der Waals surface area (Å²) in [7, 11) is 0. The summed E-state index contributed by atoms with van der Waals surface area (Å²) in [6.45, 7) is 5.06. The number of amides is 2. The molecule has 0 aromatic heterocycles. The zero-order valence-electron chi connectivity index (χ0n) is 14.2. The van der Waals surface area contributed by atoms with Crippen LogP contribution < -0.4 is 10.6 Å². The van der Waals surface area contributed by atoms with Crippen molar-refractivity contribution in [2.24, 2.45) is 0 Å². The first-order valence-electron chi connectivity index (χ1n) is 9.07. The number of carbonyl (C=O) groups excluding carboxylic acids is 1. The Labute approximate surface area is 139 Å². The van der Waals surface area contributed by atoms with Crippen molar-refractivity contribution >= 4 is 6.03 Å². The van der Waals surface area contributed by atoms with Crippen LogP contribution in [0.5, 0.6) is 0 Å². The van der Waals surface area contributed by atoms with Gasteiger partial charge in [-0.05, 0) is 51.3 Å². The maximum atomic E-state index is 12.0. The number of rotatable bonds is 5. The fourth-order valence-corrected chi connectivity index (χ4v) is 3.31. The summed E-state index contributed by atoms with van der Waals surface area (Å²) < 4.78 is 0. The number of benzene rings is 1. The average Bonchev–Trinajstić information content (AvgIpc) is 3.36. The van der Waals surface area contributed by atoms with E-state index in [-0.39, 0.29) is 12.1 Å². The van der Waals surface area contributed by atoms with Gasteiger partial charge in [-0.25, -0.2) is 4.79 Å². The maximum Gasteiger partial charge on any atom is 0.315 e. The number of hydrogen-bond acceptors (Lipinski definition) is 2. The average molecular weight is 315 g/mol. The van der Waals surface area contributed by atoms with Gasteiger partial charge in [-0.3, -0.25) is 4.90 Å². The molecular weight excluding hydrogens is 286 g/mol. The van der Waals surface area contributed by atoms with E-state index < -0.39 is 0 Å². The number of urea groups is 1. The second kappa shape index (κ2) is 7.82. The van der Waals surface area contributed by atoms with E-state index in [0.717, 1.165) is 25.9 Å². The highest BCUT2D eigenvalue weighted by atomic mass is 16.2. The molecular formula is C19H29N3O. The van der Waals surface area contributed by atoms with E-state index in [1.807, 2.05) is 0 Å². The van der Waals surface area contributed by atoms with Crippen molar-refractivity contribution in [2.45, 2.75) is 57.5 Å². The van der Waals surface area contributed by atoms with Crippen molar-refractivity contribution in [1.82, 2.24) is 15.5 Å². The zero-order chi connectivity index (χ0) is 16.1. The minimum absolute atomic E-state index is 0.0144. The van der Waals surface area contributed by atoms with E-state index in [0.29, 0.717) is 12.6 Å². The second-order valence-corrected chi connectivity index (χ2v) is 7.01. The predicted octanol–water partition coefficient (Wildman–Crippen LogP) is 3.37. The Morgan fingerprint density at radius 1 is 1.13 bits per heavy atom. The number of aryl methyl sites for hydroxylation is 1. The third-order valence-electron chi connectivity index (χ3n) is 4.91. The lowest BCUT2D eigenvalue weighted by atomic mass is 10.0. The van der Waals surface area contributed by atoms with Crippen LogP contribution in [-0.2, 0) is 0 Å². The lowest BCUT2D eigenvalue weighted by molar-refractivity contribution is 0.196. The summed E-state index contributed by atoms with van der Waals surface area (Å²) in [5.41, 5.74) is 2.59. The van der Waals surface area contributed by atoms with Crippen LogP contribution in [0.2, 0.25) is 0 Å². The van der Waals surface area contributed by atoms with Gasteiger partial charge in [0.05, 0.1) is 6.04 Å². The molecule has 0 radical (unpaired) electrons. The molecule has 1 aliphatic carbocycles. The highest BCUT2D eigenvalue weighted by molar-refractivity contribution is 5.74. The molecule has 126 valence electrons. The van der Waals surface area contributed by atoms with Crippen molar-refractivity contribution in [3.05, 3.63) is 35.4 Å². The van der Waals surface area contributed by atoms with Crippen molar-refractivity contribution in [1.29, 1.82) is 0 Å². The Kier molecular flexibility index (Phi) is 5.55. The lowest BCUT2D eigenvalue weighted by Gasteiger charge is -2.31. The number of nitrogens with one attached hydrogen (secondary N) is 2. The first-order valence-corrected chi connectivity index (χ1v) is 9.07. The molecule has 4 heteroatoms. The van der Waals surface area contributed by atoms with Crippen LogP contribution in [0, 0.1) is 6.92 Å². The van der Waals surface area contributed by atoms with Crippen LogP contribution in [-0.4, -0.2) is 36.6 Å². The first kappa shape index (κ1) is 16.3. The van der Waals surface area contributed by atoms with Crippen LogP contribution >= 0.6 is 0 Å². The number of hydrogen-bond donors (Lipinski definition) is 2. The van der Waals surface area contributed by atoms with E-state index in [1.54, 1.807) is 0 Å². The third-order valence-corrected chi connectivity index (χ3v) is 4.91. The van der Waals surface area contributed by atoms with Crippen LogP contribution in [0.1, 0.15) is 55.7 Å². The summed E-state index contributed by atoms with van der Waals surface area (Å²) in [4.78, 5) is 14.5. The van der Waals surface area contributed by atoms with Gasteiger partial charge in [0, 0.05) is 12.6 Å². The fourth-order valence-electron chi connectivity index (χ4n) is 3.31. The molecule has 1 unspecified atom stereocenters. The minimum Gasteiger partial charge on any atom is -0.336 e. The number of carbonyl (C=O) groups is 1. The molecule has 1 saturated carbocycles. The molecule has 2 N–H and O–H groups in total. The van der Waals surface area contributed by atoms with E-state index in [1.165, 1.54) is 36.8 Å². The van der Waals surface area contributed by atoms with Gasteiger partial charge in [0.1, 0.15) is 0 Å². The van der Waals surface area contributed by atoms with Gasteiger partial charge in [-0.2, -0.15) is 0 Å². The molecule has 1 heterocycles. The number of nitrogens with zero attached hydrogens (tertiary/aromatic N) is 1. The molecule has 2 amide bonds. The summed E-state index contributed by atoms with van der Waals surface area (Å²) in [5, 5.41) is 6.11. The van der Waals surface area contributed by atoms with E-state index >= 15 is 0 Å². The predicted molar refractivity (Wildman–Crippen MR) is 93.5 cm³/mol. The zero-order valence-corrected chi connectivity index (χ0v) is 14.2. The smallest absolute Gasteiger partial charge is 0.315 e. The van der Waals surface area contributed by atoms with Crippen LogP contribution in [0.25, 0.3) is 0 Å². The van der Waals surface area contributed by atoms with E-state index in [9.17, 15) is 4.79 Å². The Bertz CT molecular complexity index is 502. The standard InChI is InChI=1S/C19H29N3O/c1-15-6-8-16(9-7-15)18(22-12-4-2-3-5-13-22)14-20-19(23)21-17-10-11-17/h6-9,17-18H,2-5,10-14H2,1H3,(H2,20,21,23). The fraction of sp³-hybridized carbons (Fsp3) is 0.632. The van der Waals surface area contributed by atoms with Crippen LogP contribution in [0.3, 0.4) is 0 Å². The van der Waals surface area contributed by atoms with E-state index in [2.05, 4.69) is 46.7 Å². The second-order valence-electron chi connectivity index (χ2n) is 7.01. The summed E-state index contributed by atoms with van der Waals surface area (Å²) in [5.74, 6) is 0. The van der Waals surface area contributed by atoms with E-state index in [4.69, 9.17) is 0 Å². The first-order chi connectivity index (χ1) is 11.2. The molecule has 1 aromatic carbocycles. The van der Waals surface area contributed by atoms with Gasteiger partial charge in [0.2, 0.25) is 0 Å². The topological polar surface area (TPSA) is 44.4 Å². The molecule has 23 heavy (non-hydrogen) atoms. The maximum absolute atomic E-state index is 12.0. The molecule has 1 aromatic rings. The van der Waals surface area contributed by atoms with Gasteiger partial charge >= 0.3 is 6.03 Å². The van der Waals surface area contributed by atoms with Crippen molar-refractivity contribution in [3.63, 3.8) is 0 Å². The van der Waals surface area contributed by atoms with Crippen molar-refractivity contribution in [2.75, 3.05) is 19.6 Å². The van der Waals surface area contributed by atoms with Crippen LogP contribution in [0.4, 0.5) is 4.79 Å². The molecule has 3 rings (SSSR count). The molecule has 1 atom stereocenters. The summed E-state index contributed by atoms with van der Waals surface area (Å²) >= 11 is 0. The summed E-state index contributed by atoms with van der Waals surface area (Å²) in [6, 6.07) is 9.44. The molecule has 1 saturated heterocycles. The largest absolute Gasteiger partial charge is 0.336 e. The van der Waals surface area contributed by atoms with Gasteiger partial charge in [-0.1, -0.05) is 42.7 Å². The van der Waals surface area contributed by atoms with Crippen LogP contribution in [0.15, 0.2) is 24.3 Å². The molecule has 0 spiro atoms. The highest BCUT2D eigenvalue weighted by Gasteiger charge is 2.25. The highest BCUT2D eigenvalue weighted by Crippen LogP contribution is 2.24. The number of likely N-dealkylation sites (tertiary alicyclic amines) is 1. The molecule has 2 aliphatic rings. The quantitative estimate of drug-likeness (QED) is 0.875. The molecule has 4 nitrogen and oxygen atoms in total. The third kappa shape index (κ3) is 4.96. The summed E-state index contributed by atoms with van der Waals surface area (Å²) in [6.07, 6.45) is 7.43. The molecule has 1 aliphatic heterocycles. The SMILES string of the molecule is Cc1ccc(C(CNC(=O)NC2CC2)N2CCCCCC2)cc1. The van der Waals surface area contributed by atoms with Crippen molar-refractivity contribution in [3.8, 4) is 0 Å².